The van der Waals surface area contributed by atoms with Crippen molar-refractivity contribution < 1.29 is 13.6 Å². The first kappa shape index (κ1) is 16.2. The van der Waals surface area contributed by atoms with E-state index in [1.54, 1.807) is 11.3 Å². The van der Waals surface area contributed by atoms with E-state index in [1.165, 1.54) is 24.3 Å². The molecule has 0 spiro atoms. The molecule has 1 amide bonds. The van der Waals surface area contributed by atoms with Crippen molar-refractivity contribution in [2.75, 3.05) is 5.32 Å². The number of aromatic nitrogens is 2. The van der Waals surface area contributed by atoms with Gasteiger partial charge in [-0.25, -0.2) is 4.39 Å². The van der Waals surface area contributed by atoms with Crippen LogP contribution in [0, 0.1) is 5.82 Å². The molecule has 0 unspecified atom stereocenters. The third-order valence-electron chi connectivity index (χ3n) is 3.72. The number of nitrogens with zero attached hydrogens (tertiary/aromatic N) is 2. The molecule has 2 heterocycles. The summed E-state index contributed by atoms with van der Waals surface area (Å²) in [6, 6.07) is 14.9. The SMILES string of the molecule is O=C(Nc1nnc(-c2cccc(-c3ccsc3)c2)o1)c1ccc(F)cc1. The van der Waals surface area contributed by atoms with Crippen LogP contribution >= 0.6 is 11.3 Å². The number of nitrogens with one attached hydrogen (secondary N) is 1. The Morgan fingerprint density at radius 3 is 2.58 bits per heavy atom. The van der Waals surface area contributed by atoms with Gasteiger partial charge < -0.3 is 4.42 Å². The van der Waals surface area contributed by atoms with Crippen LogP contribution in [0.5, 0.6) is 0 Å². The summed E-state index contributed by atoms with van der Waals surface area (Å²) in [6.45, 7) is 0. The normalized spacial score (nSPS) is 10.7. The monoisotopic (exact) mass is 365 g/mol. The van der Waals surface area contributed by atoms with Crippen molar-refractivity contribution in [1.29, 1.82) is 0 Å². The molecule has 0 fully saturated rings. The lowest BCUT2D eigenvalue weighted by molar-refractivity contribution is 0.102. The van der Waals surface area contributed by atoms with Gasteiger partial charge in [0.05, 0.1) is 0 Å². The highest BCUT2D eigenvalue weighted by molar-refractivity contribution is 7.08. The molecule has 26 heavy (non-hydrogen) atoms. The number of hydrogen-bond acceptors (Lipinski definition) is 5. The number of thiophene rings is 1. The topological polar surface area (TPSA) is 68.0 Å². The fraction of sp³-hybridized carbons (Fsp3) is 0. The second kappa shape index (κ2) is 6.89. The highest BCUT2D eigenvalue weighted by Gasteiger charge is 2.13. The smallest absolute Gasteiger partial charge is 0.322 e. The minimum absolute atomic E-state index is 0.0183. The molecule has 0 bridgehead atoms. The predicted octanol–water partition coefficient (Wildman–Crippen LogP) is 4.86. The number of amides is 1. The average Bonchev–Trinajstić information content (AvgIpc) is 3.34. The van der Waals surface area contributed by atoms with Crippen LogP contribution < -0.4 is 5.32 Å². The lowest BCUT2D eigenvalue weighted by Gasteiger charge is -2.01. The van der Waals surface area contributed by atoms with Gasteiger partial charge in [-0.15, -0.1) is 5.10 Å². The number of anilines is 1. The van der Waals surface area contributed by atoms with Gasteiger partial charge in [-0.05, 0) is 64.4 Å². The van der Waals surface area contributed by atoms with Gasteiger partial charge in [0.2, 0.25) is 5.89 Å². The van der Waals surface area contributed by atoms with Crippen LogP contribution in [-0.2, 0) is 0 Å². The van der Waals surface area contributed by atoms with E-state index in [9.17, 15) is 9.18 Å². The molecule has 0 radical (unpaired) electrons. The summed E-state index contributed by atoms with van der Waals surface area (Å²) in [5.41, 5.74) is 3.20. The molecule has 0 atom stereocenters. The molecule has 0 aliphatic heterocycles. The molecule has 0 aliphatic rings. The van der Waals surface area contributed by atoms with Crippen molar-refractivity contribution in [3.63, 3.8) is 0 Å². The quantitative estimate of drug-likeness (QED) is 0.561. The molecule has 128 valence electrons. The van der Waals surface area contributed by atoms with Crippen LogP contribution in [0.4, 0.5) is 10.4 Å². The number of halogens is 1. The number of carbonyl (C=O) groups excluding carboxylic acids is 1. The number of carbonyl (C=O) groups is 1. The standard InChI is InChI=1S/C19H12FN3O2S/c20-16-6-4-12(5-7-16)17(24)21-19-23-22-18(25-19)14-3-1-2-13(10-14)15-8-9-26-11-15/h1-11H,(H,21,23,24). The van der Waals surface area contributed by atoms with Gasteiger partial charge in [-0.3, -0.25) is 10.1 Å². The first-order valence-corrected chi connectivity index (χ1v) is 8.67. The molecule has 0 saturated heterocycles. The molecular weight excluding hydrogens is 353 g/mol. The summed E-state index contributed by atoms with van der Waals surface area (Å²) in [5.74, 6) is -0.559. The molecule has 2 aromatic heterocycles. The van der Waals surface area contributed by atoms with Crippen LogP contribution in [0.1, 0.15) is 10.4 Å². The lowest BCUT2D eigenvalue weighted by atomic mass is 10.1. The van der Waals surface area contributed by atoms with E-state index < -0.39 is 11.7 Å². The summed E-state index contributed by atoms with van der Waals surface area (Å²) < 4.78 is 18.5. The van der Waals surface area contributed by atoms with Gasteiger partial charge >= 0.3 is 6.01 Å². The molecule has 0 saturated carbocycles. The van der Waals surface area contributed by atoms with Gasteiger partial charge in [-0.2, -0.15) is 11.3 Å². The Hall–Kier alpha value is -3.32. The molecule has 5 nitrogen and oxygen atoms in total. The van der Waals surface area contributed by atoms with Crippen LogP contribution in [-0.4, -0.2) is 16.1 Å². The van der Waals surface area contributed by atoms with Crippen LogP contribution in [0.25, 0.3) is 22.6 Å². The first-order chi connectivity index (χ1) is 12.7. The van der Waals surface area contributed by atoms with Gasteiger partial charge in [0, 0.05) is 11.1 Å². The summed E-state index contributed by atoms with van der Waals surface area (Å²) in [7, 11) is 0. The highest BCUT2D eigenvalue weighted by atomic mass is 32.1. The third kappa shape index (κ3) is 3.38. The Morgan fingerprint density at radius 1 is 1.00 bits per heavy atom. The summed E-state index contributed by atoms with van der Waals surface area (Å²) in [6.07, 6.45) is 0. The maximum Gasteiger partial charge on any atom is 0.322 e. The van der Waals surface area contributed by atoms with Crippen molar-refractivity contribution >= 4 is 23.3 Å². The van der Waals surface area contributed by atoms with E-state index in [0.717, 1.165) is 16.7 Å². The second-order valence-corrected chi connectivity index (χ2v) is 6.25. The van der Waals surface area contributed by atoms with Crippen LogP contribution in [0.2, 0.25) is 0 Å². The molecule has 7 heteroatoms. The van der Waals surface area contributed by atoms with E-state index in [0.29, 0.717) is 11.5 Å². The van der Waals surface area contributed by atoms with Crippen molar-refractivity contribution in [2.24, 2.45) is 0 Å². The molecular formula is C19H12FN3O2S. The molecule has 4 rings (SSSR count). The largest absolute Gasteiger partial charge is 0.403 e. The number of benzene rings is 2. The van der Waals surface area contributed by atoms with Gasteiger partial charge in [-0.1, -0.05) is 17.2 Å². The van der Waals surface area contributed by atoms with Crippen LogP contribution in [0.3, 0.4) is 0 Å². The molecule has 4 aromatic rings. The van der Waals surface area contributed by atoms with Gasteiger partial charge in [0.25, 0.3) is 5.91 Å². The molecule has 1 N–H and O–H groups in total. The van der Waals surface area contributed by atoms with Crippen molar-refractivity contribution in [3.05, 3.63) is 76.7 Å². The third-order valence-corrected chi connectivity index (χ3v) is 4.40. The average molecular weight is 365 g/mol. The van der Waals surface area contributed by atoms with Gasteiger partial charge in [0.1, 0.15) is 5.82 Å². The minimum atomic E-state index is -0.452. The zero-order valence-corrected chi connectivity index (χ0v) is 14.2. The summed E-state index contributed by atoms with van der Waals surface area (Å²) >= 11 is 1.62. The van der Waals surface area contributed by atoms with E-state index >= 15 is 0 Å². The minimum Gasteiger partial charge on any atom is -0.403 e. The fourth-order valence-corrected chi connectivity index (χ4v) is 3.09. The number of hydrogen-bond donors (Lipinski definition) is 1. The van der Waals surface area contributed by atoms with E-state index in [4.69, 9.17) is 4.42 Å². The van der Waals surface area contributed by atoms with E-state index in [1.807, 2.05) is 35.7 Å². The zero-order chi connectivity index (χ0) is 17.9. The number of rotatable bonds is 4. The zero-order valence-electron chi connectivity index (χ0n) is 13.3. The Kier molecular flexibility index (Phi) is 4.28. The lowest BCUT2D eigenvalue weighted by Crippen LogP contribution is -2.12. The maximum absolute atomic E-state index is 12.9. The second-order valence-electron chi connectivity index (χ2n) is 5.47. The first-order valence-electron chi connectivity index (χ1n) is 7.72. The summed E-state index contributed by atoms with van der Waals surface area (Å²) in [5, 5.41) is 14.4. The van der Waals surface area contributed by atoms with E-state index in [-0.39, 0.29) is 6.01 Å². The predicted molar refractivity (Wildman–Crippen MR) is 97.4 cm³/mol. The highest BCUT2D eigenvalue weighted by Crippen LogP contribution is 2.27. The van der Waals surface area contributed by atoms with Gasteiger partial charge in [0.15, 0.2) is 0 Å². The van der Waals surface area contributed by atoms with Crippen molar-refractivity contribution in [1.82, 2.24) is 10.2 Å². The van der Waals surface area contributed by atoms with Crippen molar-refractivity contribution in [3.8, 4) is 22.6 Å². The summed E-state index contributed by atoms with van der Waals surface area (Å²) in [4.78, 5) is 12.1. The molecule has 0 aliphatic carbocycles. The fourth-order valence-electron chi connectivity index (χ4n) is 2.42. The Bertz CT molecular complexity index is 1040. The van der Waals surface area contributed by atoms with Crippen molar-refractivity contribution in [2.45, 2.75) is 0 Å². The Morgan fingerprint density at radius 2 is 1.81 bits per heavy atom. The maximum atomic E-state index is 12.9. The van der Waals surface area contributed by atoms with Crippen LogP contribution in [0.15, 0.2) is 69.8 Å². The molecule has 2 aromatic carbocycles. The Balaban J connectivity index is 1.54. The van der Waals surface area contributed by atoms with E-state index in [2.05, 4.69) is 20.9 Å². The Labute approximate surface area is 152 Å².